The zero-order valence-corrected chi connectivity index (χ0v) is 13.3. The van der Waals surface area contributed by atoms with Crippen molar-refractivity contribution in [1.82, 2.24) is 15.5 Å². The van der Waals surface area contributed by atoms with Gasteiger partial charge >= 0.3 is 0 Å². The van der Waals surface area contributed by atoms with Crippen molar-refractivity contribution in [3.63, 3.8) is 0 Å². The lowest BCUT2D eigenvalue weighted by molar-refractivity contribution is -0.120. The van der Waals surface area contributed by atoms with Crippen LogP contribution in [0.1, 0.15) is 11.4 Å². The van der Waals surface area contributed by atoms with Crippen LogP contribution < -0.4 is 5.32 Å². The molecule has 0 aliphatic carbocycles. The molecule has 1 N–H and O–H groups in total. The predicted molar refractivity (Wildman–Crippen MR) is 86.7 cm³/mol. The van der Waals surface area contributed by atoms with Gasteiger partial charge in [0.2, 0.25) is 5.91 Å². The lowest BCUT2D eigenvalue weighted by Gasteiger charge is -2.03. The van der Waals surface area contributed by atoms with E-state index < -0.39 is 5.82 Å². The van der Waals surface area contributed by atoms with Crippen molar-refractivity contribution in [2.45, 2.75) is 13.0 Å². The molecule has 0 fully saturated rings. The number of hydrogen-bond donors (Lipinski definition) is 1. The van der Waals surface area contributed by atoms with Gasteiger partial charge in [0, 0.05) is 10.6 Å². The van der Waals surface area contributed by atoms with E-state index in [0.29, 0.717) is 27.9 Å². The Balaban J connectivity index is 1.59. The van der Waals surface area contributed by atoms with E-state index in [4.69, 9.17) is 16.1 Å². The second-order valence-corrected chi connectivity index (χ2v) is 5.51. The average Bonchev–Trinajstić information content (AvgIpc) is 3.04. The van der Waals surface area contributed by atoms with Crippen LogP contribution in [0, 0.1) is 5.82 Å². The van der Waals surface area contributed by atoms with Gasteiger partial charge < -0.3 is 9.84 Å². The van der Waals surface area contributed by atoms with Gasteiger partial charge in [0.15, 0.2) is 5.82 Å². The summed E-state index contributed by atoms with van der Waals surface area (Å²) < 4.78 is 18.7. The Morgan fingerprint density at radius 1 is 1.21 bits per heavy atom. The van der Waals surface area contributed by atoms with Crippen molar-refractivity contribution < 1.29 is 13.7 Å². The maximum Gasteiger partial charge on any atom is 0.258 e. The molecular formula is C17H13ClFN3O2. The third-order valence-corrected chi connectivity index (χ3v) is 3.53. The summed E-state index contributed by atoms with van der Waals surface area (Å²) in [6.07, 6.45) is -0.0499. The Kier molecular flexibility index (Phi) is 4.86. The van der Waals surface area contributed by atoms with E-state index in [1.54, 1.807) is 42.5 Å². The van der Waals surface area contributed by atoms with Crippen molar-refractivity contribution in [2.75, 3.05) is 0 Å². The third-order valence-electron chi connectivity index (χ3n) is 3.29. The number of rotatable bonds is 5. The Morgan fingerprint density at radius 2 is 2.04 bits per heavy atom. The van der Waals surface area contributed by atoms with Crippen LogP contribution in [0.5, 0.6) is 0 Å². The van der Waals surface area contributed by atoms with Crippen LogP contribution in [0.25, 0.3) is 11.5 Å². The summed E-state index contributed by atoms with van der Waals surface area (Å²) in [5, 5.41) is 7.00. The number of halogens is 2. The highest BCUT2D eigenvalue weighted by atomic mass is 35.5. The first-order chi connectivity index (χ1) is 11.6. The monoisotopic (exact) mass is 345 g/mol. The molecule has 24 heavy (non-hydrogen) atoms. The minimum Gasteiger partial charge on any atom is -0.348 e. The van der Waals surface area contributed by atoms with Gasteiger partial charge in [-0.05, 0) is 29.8 Å². The molecule has 0 saturated heterocycles. The topological polar surface area (TPSA) is 68.0 Å². The summed E-state index contributed by atoms with van der Waals surface area (Å²) in [6.45, 7) is 0.0946. The Morgan fingerprint density at radius 3 is 2.83 bits per heavy atom. The van der Waals surface area contributed by atoms with E-state index in [-0.39, 0.29) is 18.9 Å². The highest BCUT2D eigenvalue weighted by Gasteiger charge is 2.11. The second kappa shape index (κ2) is 7.23. The molecule has 0 bridgehead atoms. The maximum atomic E-state index is 13.5. The van der Waals surface area contributed by atoms with Crippen molar-refractivity contribution in [1.29, 1.82) is 0 Å². The van der Waals surface area contributed by atoms with Gasteiger partial charge in [-0.2, -0.15) is 4.98 Å². The summed E-state index contributed by atoms with van der Waals surface area (Å²) in [5.74, 6) is -0.0904. The molecule has 122 valence electrons. The van der Waals surface area contributed by atoms with Gasteiger partial charge in [-0.1, -0.05) is 41.0 Å². The minimum absolute atomic E-state index is 0.0499. The van der Waals surface area contributed by atoms with E-state index in [0.717, 1.165) is 0 Å². The van der Waals surface area contributed by atoms with Gasteiger partial charge in [0.05, 0.1) is 13.0 Å². The van der Waals surface area contributed by atoms with Crippen LogP contribution in [0.4, 0.5) is 4.39 Å². The van der Waals surface area contributed by atoms with E-state index in [1.165, 1.54) is 6.07 Å². The number of nitrogens with zero attached hydrogens (tertiary/aromatic N) is 2. The molecule has 1 amide bonds. The summed E-state index contributed by atoms with van der Waals surface area (Å²) in [4.78, 5) is 16.1. The normalized spacial score (nSPS) is 10.6. The summed E-state index contributed by atoms with van der Waals surface area (Å²) in [6, 6.07) is 13.2. The molecule has 0 aliphatic heterocycles. The predicted octanol–water partition coefficient (Wildman–Crippen LogP) is 3.39. The van der Waals surface area contributed by atoms with Gasteiger partial charge in [0.25, 0.3) is 5.89 Å². The third kappa shape index (κ3) is 3.97. The van der Waals surface area contributed by atoms with Gasteiger partial charge in [-0.3, -0.25) is 4.79 Å². The highest BCUT2D eigenvalue weighted by Crippen LogP contribution is 2.20. The Labute approximate surface area is 142 Å². The van der Waals surface area contributed by atoms with E-state index in [1.807, 2.05) is 0 Å². The molecule has 0 unspecified atom stereocenters. The Bertz CT molecular complexity index is 866. The molecule has 1 aromatic heterocycles. The van der Waals surface area contributed by atoms with Crippen LogP contribution in [-0.2, 0) is 17.8 Å². The molecule has 7 heteroatoms. The molecule has 0 spiro atoms. The number of carbonyl (C=O) groups excluding carboxylic acids is 1. The number of hydrogen-bond acceptors (Lipinski definition) is 4. The van der Waals surface area contributed by atoms with Gasteiger partial charge in [-0.15, -0.1) is 0 Å². The fraction of sp³-hybridized carbons (Fsp3) is 0.118. The molecule has 1 heterocycles. The molecule has 0 saturated carbocycles. The molecule has 0 atom stereocenters. The zero-order valence-electron chi connectivity index (χ0n) is 12.5. The maximum absolute atomic E-state index is 13.5. The number of nitrogens with one attached hydrogen (secondary N) is 1. The summed E-state index contributed by atoms with van der Waals surface area (Å²) in [7, 11) is 0. The number of carbonyl (C=O) groups is 1. The van der Waals surface area contributed by atoms with Crippen molar-refractivity contribution in [3.8, 4) is 11.5 Å². The van der Waals surface area contributed by atoms with Gasteiger partial charge in [0.1, 0.15) is 5.82 Å². The molecular weight excluding hydrogens is 333 g/mol. The molecule has 3 rings (SSSR count). The van der Waals surface area contributed by atoms with E-state index >= 15 is 0 Å². The first-order valence-electron chi connectivity index (χ1n) is 7.20. The lowest BCUT2D eigenvalue weighted by Crippen LogP contribution is -2.25. The van der Waals surface area contributed by atoms with Crippen LogP contribution in [0.2, 0.25) is 5.02 Å². The van der Waals surface area contributed by atoms with Crippen LogP contribution in [0.15, 0.2) is 53.1 Å². The first kappa shape index (κ1) is 16.1. The SMILES string of the molecule is O=C(Cc1ccccc1F)NCc1noc(-c2cccc(Cl)c2)n1. The molecule has 0 aliphatic rings. The minimum atomic E-state index is -0.407. The van der Waals surface area contributed by atoms with E-state index in [9.17, 15) is 9.18 Å². The fourth-order valence-electron chi connectivity index (χ4n) is 2.12. The quantitative estimate of drug-likeness (QED) is 0.769. The van der Waals surface area contributed by atoms with Crippen molar-refractivity contribution >= 4 is 17.5 Å². The second-order valence-electron chi connectivity index (χ2n) is 5.07. The fourth-order valence-corrected chi connectivity index (χ4v) is 2.31. The van der Waals surface area contributed by atoms with Gasteiger partial charge in [-0.25, -0.2) is 4.39 Å². The molecule has 3 aromatic rings. The van der Waals surface area contributed by atoms with Crippen LogP contribution >= 0.6 is 11.6 Å². The molecule has 5 nitrogen and oxygen atoms in total. The van der Waals surface area contributed by atoms with Crippen LogP contribution in [-0.4, -0.2) is 16.0 Å². The highest BCUT2D eigenvalue weighted by molar-refractivity contribution is 6.30. The lowest BCUT2D eigenvalue weighted by atomic mass is 10.1. The van der Waals surface area contributed by atoms with Crippen molar-refractivity contribution in [3.05, 3.63) is 70.8 Å². The number of aromatic nitrogens is 2. The number of amides is 1. The first-order valence-corrected chi connectivity index (χ1v) is 7.58. The standard InChI is InChI=1S/C17H13ClFN3O2/c18-13-6-3-5-12(8-13)17-21-15(22-24-17)10-20-16(23)9-11-4-1-2-7-14(11)19/h1-8H,9-10H2,(H,20,23). The summed E-state index contributed by atoms with van der Waals surface area (Å²) >= 11 is 5.92. The van der Waals surface area contributed by atoms with E-state index in [2.05, 4.69) is 15.5 Å². The summed E-state index contributed by atoms with van der Waals surface area (Å²) in [5.41, 5.74) is 1.03. The van der Waals surface area contributed by atoms with Crippen molar-refractivity contribution in [2.24, 2.45) is 0 Å². The largest absolute Gasteiger partial charge is 0.348 e. The number of benzene rings is 2. The smallest absolute Gasteiger partial charge is 0.258 e. The Hall–Kier alpha value is -2.73. The average molecular weight is 346 g/mol. The zero-order chi connectivity index (χ0) is 16.9. The van der Waals surface area contributed by atoms with Crippen LogP contribution in [0.3, 0.4) is 0 Å². The molecule has 2 aromatic carbocycles. The molecule has 0 radical (unpaired) electrons.